The summed E-state index contributed by atoms with van der Waals surface area (Å²) < 4.78 is 1.79. The van der Waals surface area contributed by atoms with Crippen molar-refractivity contribution in [2.45, 2.75) is 50.3 Å². The van der Waals surface area contributed by atoms with E-state index in [1.807, 2.05) is 44.8 Å². The molecule has 0 bridgehead atoms. The van der Waals surface area contributed by atoms with E-state index in [1.54, 1.807) is 10.9 Å². The van der Waals surface area contributed by atoms with Crippen LogP contribution in [0.4, 0.5) is 10.5 Å². The first kappa shape index (κ1) is 18.3. The van der Waals surface area contributed by atoms with Crippen LogP contribution < -0.4 is 10.6 Å². The minimum atomic E-state index is -0.254. The van der Waals surface area contributed by atoms with Gasteiger partial charge in [0.25, 0.3) is 0 Å². The minimum Gasteiger partial charge on any atom is -0.328 e. The molecule has 1 aromatic heterocycles. The molecule has 2 amide bonds. The quantitative estimate of drug-likeness (QED) is 0.778. The number of rotatable bonds is 6. The second kappa shape index (κ2) is 8.19. The summed E-state index contributed by atoms with van der Waals surface area (Å²) in [6.45, 7) is 8.28. The molecule has 1 heterocycles. The first-order valence-corrected chi connectivity index (χ1v) is 8.97. The number of hydrogen-bond acceptors (Lipinski definition) is 4. The predicted octanol–water partition coefficient (Wildman–Crippen LogP) is 3.90. The van der Waals surface area contributed by atoms with Crippen LogP contribution in [0.25, 0.3) is 0 Å². The molecule has 0 aliphatic heterocycles. The summed E-state index contributed by atoms with van der Waals surface area (Å²) in [5.41, 5.74) is 1.86. The third kappa shape index (κ3) is 4.74. The summed E-state index contributed by atoms with van der Waals surface area (Å²) in [7, 11) is 1.85. The van der Waals surface area contributed by atoms with Crippen LogP contribution in [0, 0.1) is 6.92 Å². The molecule has 0 aliphatic rings. The predicted molar refractivity (Wildman–Crippen MR) is 98.4 cm³/mol. The van der Waals surface area contributed by atoms with Gasteiger partial charge in [-0.25, -0.2) is 4.79 Å². The number of hydrogen-bond donors (Lipinski definition) is 2. The zero-order valence-corrected chi connectivity index (χ0v) is 15.6. The van der Waals surface area contributed by atoms with Gasteiger partial charge in [0.2, 0.25) is 0 Å². The van der Waals surface area contributed by atoms with E-state index in [0.717, 1.165) is 17.7 Å². The van der Waals surface area contributed by atoms with E-state index >= 15 is 0 Å². The molecule has 2 N–H and O–H groups in total. The Hall–Kier alpha value is -2.02. The van der Waals surface area contributed by atoms with Crippen molar-refractivity contribution < 1.29 is 4.79 Å². The molecule has 0 spiro atoms. The van der Waals surface area contributed by atoms with Gasteiger partial charge in [0.05, 0.1) is 6.04 Å². The lowest BCUT2D eigenvalue weighted by molar-refractivity contribution is 0.248. The van der Waals surface area contributed by atoms with Gasteiger partial charge in [-0.2, -0.15) is 0 Å². The minimum absolute atomic E-state index is 0.224. The van der Waals surface area contributed by atoms with Crippen molar-refractivity contribution in [3.8, 4) is 0 Å². The number of nitrogens with one attached hydrogen (secondary N) is 2. The monoisotopic (exact) mass is 347 g/mol. The maximum atomic E-state index is 12.2. The van der Waals surface area contributed by atoms with Gasteiger partial charge in [-0.15, -0.1) is 22.0 Å². The third-order valence-electron chi connectivity index (χ3n) is 3.84. The maximum Gasteiger partial charge on any atom is 0.319 e. The Bertz CT molecular complexity index is 700. The number of amides is 2. The van der Waals surface area contributed by atoms with E-state index in [1.165, 1.54) is 4.90 Å². The average molecular weight is 347 g/mol. The Kier molecular flexibility index (Phi) is 6.25. The van der Waals surface area contributed by atoms with E-state index in [4.69, 9.17) is 0 Å². The van der Waals surface area contributed by atoms with Crippen molar-refractivity contribution in [2.75, 3.05) is 5.32 Å². The lowest BCUT2D eigenvalue weighted by Crippen LogP contribution is -2.32. The Balaban J connectivity index is 1.97. The maximum absolute atomic E-state index is 12.2. The summed E-state index contributed by atoms with van der Waals surface area (Å²) in [4.78, 5) is 13.4. The van der Waals surface area contributed by atoms with Crippen molar-refractivity contribution in [2.24, 2.45) is 7.05 Å². The molecule has 2 unspecified atom stereocenters. The van der Waals surface area contributed by atoms with Crippen LogP contribution in [-0.2, 0) is 7.05 Å². The number of nitrogens with zero attached hydrogens (tertiary/aromatic N) is 3. The molecule has 2 rings (SSSR count). The highest BCUT2D eigenvalue weighted by atomic mass is 32.2. The number of benzene rings is 1. The van der Waals surface area contributed by atoms with Gasteiger partial charge in [-0.3, -0.25) is 0 Å². The summed E-state index contributed by atoms with van der Waals surface area (Å²) in [5, 5.41) is 14.2. The molecule has 130 valence electrons. The van der Waals surface area contributed by atoms with Crippen LogP contribution in [0.15, 0.2) is 29.4 Å². The lowest BCUT2D eigenvalue weighted by atomic mass is 10.2. The topological polar surface area (TPSA) is 71.8 Å². The van der Waals surface area contributed by atoms with Gasteiger partial charge >= 0.3 is 6.03 Å². The van der Waals surface area contributed by atoms with E-state index in [0.29, 0.717) is 11.1 Å². The van der Waals surface area contributed by atoms with E-state index in [9.17, 15) is 4.79 Å². The van der Waals surface area contributed by atoms with Crippen molar-refractivity contribution in [3.05, 3.63) is 35.9 Å². The fourth-order valence-electron chi connectivity index (χ4n) is 2.27. The fourth-order valence-corrected chi connectivity index (χ4v) is 3.29. The SMILES string of the molecule is CCC(C)Sc1ccc(NC(=O)NC(C)c2nncn2C)c(C)c1. The Morgan fingerprint density at radius 2 is 2.12 bits per heavy atom. The third-order valence-corrected chi connectivity index (χ3v) is 5.10. The number of thioether (sulfide) groups is 1. The number of aryl methyl sites for hydroxylation is 2. The molecule has 0 radical (unpaired) electrons. The number of urea groups is 1. The van der Waals surface area contributed by atoms with Gasteiger partial charge in [0.15, 0.2) is 5.82 Å². The molecule has 0 saturated carbocycles. The normalized spacial score (nSPS) is 13.4. The number of aromatic nitrogens is 3. The van der Waals surface area contributed by atoms with E-state index in [2.05, 4.69) is 40.7 Å². The fraction of sp³-hybridized carbons (Fsp3) is 0.471. The Morgan fingerprint density at radius 3 is 2.71 bits per heavy atom. The van der Waals surface area contributed by atoms with Crippen LogP contribution in [0.1, 0.15) is 44.6 Å². The number of anilines is 1. The highest BCUT2D eigenvalue weighted by molar-refractivity contribution is 7.99. The summed E-state index contributed by atoms with van der Waals surface area (Å²) in [5.74, 6) is 0.710. The largest absolute Gasteiger partial charge is 0.328 e. The Labute approximate surface area is 147 Å². The number of carbonyl (C=O) groups is 1. The molecule has 1 aromatic carbocycles. The van der Waals surface area contributed by atoms with Crippen LogP contribution in [0.3, 0.4) is 0 Å². The van der Waals surface area contributed by atoms with Crippen LogP contribution >= 0.6 is 11.8 Å². The second-order valence-corrected chi connectivity index (χ2v) is 7.45. The van der Waals surface area contributed by atoms with Crippen LogP contribution in [-0.4, -0.2) is 26.0 Å². The summed E-state index contributed by atoms with van der Waals surface area (Å²) in [6, 6.07) is 5.63. The van der Waals surface area contributed by atoms with Crippen molar-refractivity contribution in [3.63, 3.8) is 0 Å². The van der Waals surface area contributed by atoms with E-state index in [-0.39, 0.29) is 12.1 Å². The molecule has 0 fully saturated rings. The molecule has 0 aliphatic carbocycles. The molecule has 0 saturated heterocycles. The van der Waals surface area contributed by atoms with Crippen molar-refractivity contribution in [1.29, 1.82) is 0 Å². The zero-order chi connectivity index (χ0) is 17.7. The summed E-state index contributed by atoms with van der Waals surface area (Å²) >= 11 is 1.85. The first-order valence-electron chi connectivity index (χ1n) is 8.09. The first-order chi connectivity index (χ1) is 11.4. The van der Waals surface area contributed by atoms with Crippen molar-refractivity contribution in [1.82, 2.24) is 20.1 Å². The van der Waals surface area contributed by atoms with Crippen LogP contribution in [0.2, 0.25) is 0 Å². The number of carbonyl (C=O) groups excluding carboxylic acids is 1. The highest BCUT2D eigenvalue weighted by Gasteiger charge is 2.15. The van der Waals surface area contributed by atoms with Gasteiger partial charge in [0, 0.05) is 22.9 Å². The molecule has 2 atom stereocenters. The van der Waals surface area contributed by atoms with Gasteiger partial charge in [-0.1, -0.05) is 13.8 Å². The molecule has 24 heavy (non-hydrogen) atoms. The molecular weight excluding hydrogens is 322 g/mol. The second-order valence-electron chi connectivity index (χ2n) is 5.93. The average Bonchev–Trinajstić information content (AvgIpc) is 2.96. The highest BCUT2D eigenvalue weighted by Crippen LogP contribution is 2.28. The molecule has 6 nitrogen and oxygen atoms in total. The van der Waals surface area contributed by atoms with Gasteiger partial charge in [0.1, 0.15) is 6.33 Å². The van der Waals surface area contributed by atoms with Crippen LogP contribution in [0.5, 0.6) is 0 Å². The Morgan fingerprint density at radius 1 is 1.38 bits per heavy atom. The van der Waals surface area contributed by atoms with E-state index < -0.39 is 0 Å². The van der Waals surface area contributed by atoms with Gasteiger partial charge < -0.3 is 15.2 Å². The zero-order valence-electron chi connectivity index (χ0n) is 14.8. The summed E-state index contributed by atoms with van der Waals surface area (Å²) in [6.07, 6.45) is 2.75. The lowest BCUT2D eigenvalue weighted by Gasteiger charge is -2.16. The molecule has 2 aromatic rings. The smallest absolute Gasteiger partial charge is 0.319 e. The van der Waals surface area contributed by atoms with Gasteiger partial charge in [-0.05, 0) is 44.0 Å². The van der Waals surface area contributed by atoms with Crippen molar-refractivity contribution >= 4 is 23.5 Å². The molecular formula is C17H25N5OS. The molecule has 7 heteroatoms. The standard InChI is InChI=1S/C17H25N5OS/c1-6-12(3)24-14-7-8-15(11(2)9-14)20-17(23)19-13(4)16-21-18-10-22(16)5/h7-10,12-13H,6H2,1-5H3,(H2,19,20,23).